The molecule has 92 valence electrons. The Labute approximate surface area is 95.0 Å². The van der Waals surface area contributed by atoms with Crippen LogP contribution < -0.4 is 0 Å². The molecule has 0 aliphatic heterocycles. The first-order valence-corrected chi connectivity index (χ1v) is 10.0. The molecule has 0 rings (SSSR count). The van der Waals surface area contributed by atoms with Gasteiger partial charge >= 0.3 is 0 Å². The summed E-state index contributed by atoms with van der Waals surface area (Å²) in [6, 6.07) is 0. The third kappa shape index (κ3) is 3.75. The highest BCUT2D eigenvalue weighted by Gasteiger charge is 2.41. The Hall–Kier alpha value is 0.460. The van der Waals surface area contributed by atoms with Crippen LogP contribution in [0.5, 0.6) is 0 Å². The lowest BCUT2D eigenvalue weighted by molar-refractivity contribution is 0.544. The van der Waals surface area contributed by atoms with Crippen molar-refractivity contribution in [3.8, 4) is 0 Å². The second-order valence-electron chi connectivity index (χ2n) is 6.68. The minimum Gasteiger partial charge on any atom is -0.323 e. The first-order valence-electron chi connectivity index (χ1n) is 5.34. The van der Waals surface area contributed by atoms with Crippen molar-refractivity contribution < 1.29 is 9.13 Å². The molecule has 2 unspecified atom stereocenters. The molecule has 15 heavy (non-hydrogen) atoms. The van der Waals surface area contributed by atoms with E-state index in [0.29, 0.717) is 5.90 Å². The Morgan fingerprint density at radius 1 is 0.733 bits per heavy atom. The second kappa shape index (κ2) is 4.04. The van der Waals surface area contributed by atoms with Gasteiger partial charge in [0.15, 0.2) is 0 Å². The predicted octanol–water partition coefficient (Wildman–Crippen LogP) is 4.53. The van der Waals surface area contributed by atoms with Gasteiger partial charge in [0.2, 0.25) is 0 Å². The topological polar surface area (TPSA) is 34.1 Å². The summed E-state index contributed by atoms with van der Waals surface area (Å²) in [6.07, 6.45) is 0. The molecule has 0 spiro atoms. The van der Waals surface area contributed by atoms with Crippen molar-refractivity contribution in [2.75, 3.05) is 19.2 Å². The largest absolute Gasteiger partial charge is 0.323 e. The highest BCUT2D eigenvalue weighted by atomic mass is 31.2. The standard InChI is InChI=1S/C11H26O2P2/c1-10(2,3)14(7,12)9-15(8,13)11(4,5)6/h9H2,1-8H3. The Balaban J connectivity index is 5.08. The number of hydrogen-bond donors (Lipinski definition) is 0. The summed E-state index contributed by atoms with van der Waals surface area (Å²) in [6.45, 7) is 15.4. The molecule has 0 amide bonds. The van der Waals surface area contributed by atoms with Crippen LogP contribution in [0.3, 0.4) is 0 Å². The molecule has 0 radical (unpaired) electrons. The number of rotatable bonds is 2. The zero-order valence-electron chi connectivity index (χ0n) is 11.4. The van der Waals surface area contributed by atoms with Crippen molar-refractivity contribution in [3.63, 3.8) is 0 Å². The Morgan fingerprint density at radius 3 is 1.07 bits per heavy atom. The van der Waals surface area contributed by atoms with Crippen LogP contribution in [0.4, 0.5) is 0 Å². The summed E-state index contributed by atoms with van der Waals surface area (Å²) in [7, 11) is -4.71. The lowest BCUT2D eigenvalue weighted by atomic mass is 10.3. The SMILES string of the molecule is CC(C)(C)P(C)(=O)CP(C)(=O)C(C)(C)C. The summed E-state index contributed by atoms with van der Waals surface area (Å²) in [5.41, 5.74) is 0. The molecule has 0 aliphatic carbocycles. The third-order valence-corrected chi connectivity index (χ3v) is 13.4. The molecular weight excluding hydrogens is 226 g/mol. The first-order chi connectivity index (χ1) is 6.21. The van der Waals surface area contributed by atoms with Crippen LogP contribution in [0.1, 0.15) is 41.5 Å². The summed E-state index contributed by atoms with van der Waals surface area (Å²) in [4.78, 5) is 0. The van der Waals surface area contributed by atoms with Gasteiger partial charge in [-0.1, -0.05) is 41.5 Å². The molecule has 0 heterocycles. The highest BCUT2D eigenvalue weighted by molar-refractivity contribution is 7.81. The van der Waals surface area contributed by atoms with Gasteiger partial charge < -0.3 is 9.13 Å². The molecule has 0 aliphatic rings. The second-order valence-corrected chi connectivity index (χ2v) is 14.9. The maximum Gasteiger partial charge on any atom is 0.0968 e. The normalized spacial score (nSPS) is 21.9. The predicted molar refractivity (Wildman–Crippen MR) is 71.4 cm³/mol. The molecule has 0 aromatic rings. The van der Waals surface area contributed by atoms with Crippen molar-refractivity contribution in [1.82, 2.24) is 0 Å². The van der Waals surface area contributed by atoms with E-state index >= 15 is 0 Å². The van der Waals surface area contributed by atoms with E-state index in [2.05, 4.69) is 0 Å². The van der Waals surface area contributed by atoms with E-state index in [1.165, 1.54) is 0 Å². The van der Waals surface area contributed by atoms with Crippen molar-refractivity contribution in [2.45, 2.75) is 51.9 Å². The summed E-state index contributed by atoms with van der Waals surface area (Å²) < 4.78 is 25.1. The van der Waals surface area contributed by atoms with Crippen LogP contribution in [0.2, 0.25) is 0 Å². The lowest BCUT2D eigenvalue weighted by Crippen LogP contribution is -2.22. The van der Waals surface area contributed by atoms with Crippen LogP contribution in [0.25, 0.3) is 0 Å². The van der Waals surface area contributed by atoms with Gasteiger partial charge in [0.05, 0.1) is 20.2 Å². The quantitative estimate of drug-likeness (QED) is 0.677. The van der Waals surface area contributed by atoms with Crippen molar-refractivity contribution in [1.29, 1.82) is 0 Å². The van der Waals surface area contributed by atoms with Gasteiger partial charge in [-0.15, -0.1) is 0 Å². The summed E-state index contributed by atoms with van der Waals surface area (Å²) >= 11 is 0. The monoisotopic (exact) mass is 252 g/mol. The molecule has 0 saturated carbocycles. The van der Waals surface area contributed by atoms with E-state index in [4.69, 9.17) is 0 Å². The van der Waals surface area contributed by atoms with Gasteiger partial charge in [-0.05, 0) is 13.3 Å². The summed E-state index contributed by atoms with van der Waals surface area (Å²) in [5.74, 6) is 0.382. The van der Waals surface area contributed by atoms with Gasteiger partial charge in [0.25, 0.3) is 0 Å². The lowest BCUT2D eigenvalue weighted by Gasteiger charge is -2.35. The molecule has 4 heteroatoms. The van der Waals surface area contributed by atoms with Gasteiger partial charge in [0, 0.05) is 10.3 Å². The van der Waals surface area contributed by atoms with Crippen molar-refractivity contribution in [3.05, 3.63) is 0 Å². The smallest absolute Gasteiger partial charge is 0.0968 e. The summed E-state index contributed by atoms with van der Waals surface area (Å²) in [5, 5.41) is -0.492. The maximum atomic E-state index is 12.5. The Kier molecular flexibility index (Phi) is 4.17. The molecule has 0 fully saturated rings. The van der Waals surface area contributed by atoms with Crippen LogP contribution >= 0.6 is 14.3 Å². The molecule has 0 N–H and O–H groups in total. The Morgan fingerprint density at radius 2 is 0.933 bits per heavy atom. The average molecular weight is 252 g/mol. The molecule has 2 atom stereocenters. The van der Waals surface area contributed by atoms with E-state index in [0.717, 1.165) is 0 Å². The first kappa shape index (κ1) is 15.5. The molecule has 0 aromatic heterocycles. The highest BCUT2D eigenvalue weighted by Crippen LogP contribution is 2.68. The zero-order valence-corrected chi connectivity index (χ0v) is 13.2. The fraction of sp³-hybridized carbons (Fsp3) is 1.00. The van der Waals surface area contributed by atoms with Crippen LogP contribution in [0.15, 0.2) is 0 Å². The van der Waals surface area contributed by atoms with Gasteiger partial charge in [-0.25, -0.2) is 0 Å². The fourth-order valence-electron chi connectivity index (χ4n) is 0.939. The molecule has 0 saturated heterocycles. The molecule has 0 bridgehead atoms. The van der Waals surface area contributed by atoms with E-state index in [1.807, 2.05) is 41.5 Å². The van der Waals surface area contributed by atoms with E-state index in [9.17, 15) is 9.13 Å². The maximum absolute atomic E-state index is 12.5. The fourth-order valence-corrected chi connectivity index (χ4v) is 8.45. The number of hydrogen-bond acceptors (Lipinski definition) is 2. The van der Waals surface area contributed by atoms with E-state index in [-0.39, 0.29) is 10.3 Å². The van der Waals surface area contributed by atoms with Crippen molar-refractivity contribution in [2.24, 2.45) is 0 Å². The van der Waals surface area contributed by atoms with Crippen LogP contribution in [-0.4, -0.2) is 29.5 Å². The van der Waals surface area contributed by atoms with Crippen molar-refractivity contribution >= 4 is 14.3 Å². The molecular formula is C11H26O2P2. The molecule has 2 nitrogen and oxygen atoms in total. The Bertz CT molecular complexity index is 286. The minimum atomic E-state index is -2.36. The van der Waals surface area contributed by atoms with Gasteiger partial charge in [-0.3, -0.25) is 0 Å². The zero-order chi connectivity index (χ0) is 12.7. The van der Waals surface area contributed by atoms with Crippen LogP contribution in [-0.2, 0) is 9.13 Å². The molecule has 0 aromatic carbocycles. The minimum absolute atomic E-state index is 0.246. The third-order valence-electron chi connectivity index (χ3n) is 3.38. The average Bonchev–Trinajstić information content (AvgIpc) is 1.77. The van der Waals surface area contributed by atoms with E-state index in [1.54, 1.807) is 13.3 Å². The van der Waals surface area contributed by atoms with E-state index < -0.39 is 14.3 Å². The van der Waals surface area contributed by atoms with Gasteiger partial charge in [-0.2, -0.15) is 0 Å². The van der Waals surface area contributed by atoms with Gasteiger partial charge in [0.1, 0.15) is 0 Å². The van der Waals surface area contributed by atoms with Crippen LogP contribution in [0, 0.1) is 0 Å².